The van der Waals surface area contributed by atoms with Crippen LogP contribution < -0.4 is 34.5 Å². The largest absolute Gasteiger partial charge is 1.00 e. The van der Waals surface area contributed by atoms with E-state index in [2.05, 4.69) is 0 Å². The van der Waals surface area contributed by atoms with Crippen LogP contribution in [-0.4, -0.2) is 51.9 Å². The van der Waals surface area contributed by atoms with E-state index in [4.69, 9.17) is 4.84 Å². The van der Waals surface area contributed by atoms with Crippen LogP contribution in [0.25, 0.3) is 0 Å². The fraction of sp³-hybridized carbons (Fsp3) is 0.188. The van der Waals surface area contributed by atoms with Gasteiger partial charge in [0.25, 0.3) is 17.7 Å². The number of hydrogen-bond donors (Lipinski definition) is 0. The van der Waals surface area contributed by atoms with Crippen molar-refractivity contribution in [1.82, 2.24) is 5.06 Å². The van der Waals surface area contributed by atoms with Crippen LogP contribution in [-0.2, 0) is 24.0 Å². The predicted octanol–water partition coefficient (Wildman–Crippen LogP) is -2.53. The third-order valence-electron chi connectivity index (χ3n) is 3.37. The van der Waals surface area contributed by atoms with Gasteiger partial charge in [-0.3, -0.25) is 26.4 Å². The predicted molar refractivity (Wildman–Crippen MR) is 89.1 cm³/mol. The molecular weight excluding hydrogens is 387 g/mol. The van der Waals surface area contributed by atoms with Crippen LogP contribution in [0.1, 0.15) is 16.8 Å². The van der Waals surface area contributed by atoms with E-state index in [-0.39, 0.29) is 52.9 Å². The molecule has 1 atom stereocenters. The number of benzene rings is 1. The zero-order valence-electron chi connectivity index (χ0n) is 14.5. The van der Waals surface area contributed by atoms with Gasteiger partial charge in [-0.25, -0.2) is 9.69 Å². The first-order valence-electron chi connectivity index (χ1n) is 7.26. The van der Waals surface area contributed by atoms with Gasteiger partial charge in [0.15, 0.2) is 0 Å². The molecule has 1 heterocycles. The van der Waals surface area contributed by atoms with Gasteiger partial charge in [0, 0.05) is 25.6 Å². The summed E-state index contributed by atoms with van der Waals surface area (Å²) >= 11 is -0.0340. The molecule has 0 N–H and O–H groups in total. The molecule has 1 aliphatic heterocycles. The van der Waals surface area contributed by atoms with Crippen molar-refractivity contribution < 1.29 is 62.9 Å². The number of carbonyl (C=O) groups excluding carboxylic acids is 5. The number of nitrogens with zero attached hydrogens (tertiary/aromatic N) is 2. The second-order valence-corrected chi connectivity index (χ2v) is 5.94. The summed E-state index contributed by atoms with van der Waals surface area (Å²) < 4.78 is 10.6. The van der Waals surface area contributed by atoms with Gasteiger partial charge in [0.05, 0.1) is 16.5 Å². The number of aldehydes is 1. The van der Waals surface area contributed by atoms with Crippen LogP contribution >= 0.6 is 12.0 Å². The van der Waals surface area contributed by atoms with E-state index in [0.717, 1.165) is 17.1 Å². The SMILES string of the molecule is CN(OC(=O)c1cccc(N2C(=O)C=CC2=O)c1)C(=O)CC(C=O)S[O-].[Na+]. The maximum Gasteiger partial charge on any atom is 1.00 e. The van der Waals surface area contributed by atoms with Crippen molar-refractivity contribution in [2.45, 2.75) is 11.7 Å². The van der Waals surface area contributed by atoms with Crippen LogP contribution in [0.2, 0.25) is 0 Å². The molecule has 2 rings (SSSR count). The van der Waals surface area contributed by atoms with Gasteiger partial charge in [-0.15, -0.1) is 0 Å². The number of carbonyl (C=O) groups is 5. The Kier molecular flexibility index (Phi) is 8.86. The molecule has 0 saturated carbocycles. The molecule has 1 aromatic rings. The van der Waals surface area contributed by atoms with Crippen molar-refractivity contribution in [3.05, 3.63) is 42.0 Å². The van der Waals surface area contributed by atoms with E-state index in [0.29, 0.717) is 11.3 Å². The van der Waals surface area contributed by atoms with Crippen LogP contribution in [0.3, 0.4) is 0 Å². The van der Waals surface area contributed by atoms with E-state index in [9.17, 15) is 28.5 Å². The monoisotopic (exact) mass is 400 g/mol. The van der Waals surface area contributed by atoms with E-state index in [1.165, 1.54) is 31.3 Å². The molecule has 0 saturated heterocycles. The zero-order valence-corrected chi connectivity index (χ0v) is 17.3. The Morgan fingerprint density at radius 2 is 1.93 bits per heavy atom. The standard InChI is InChI=1S/C16H14N2O7S.Na/c1-17(15(22)8-12(9-19)26-24)25-16(23)10-3-2-4-11(7-10)18-13(20)5-6-14(18)21;/h2-7,9,12,24H,8H2,1H3;/q;+1/p-1. The summed E-state index contributed by atoms with van der Waals surface area (Å²) in [5.41, 5.74) is 0.178. The summed E-state index contributed by atoms with van der Waals surface area (Å²) in [6.45, 7) is 0. The van der Waals surface area contributed by atoms with E-state index in [1.807, 2.05) is 0 Å². The maximum atomic E-state index is 12.2. The Morgan fingerprint density at radius 3 is 2.48 bits per heavy atom. The van der Waals surface area contributed by atoms with Crippen LogP contribution in [0.4, 0.5) is 5.69 Å². The van der Waals surface area contributed by atoms with E-state index in [1.54, 1.807) is 0 Å². The fourth-order valence-corrected chi connectivity index (χ4v) is 2.32. The average molecular weight is 400 g/mol. The van der Waals surface area contributed by atoms with Crippen molar-refractivity contribution >= 4 is 47.7 Å². The number of hydrogen-bond acceptors (Lipinski definition) is 8. The third-order valence-corrected chi connectivity index (χ3v) is 3.90. The Bertz CT molecular complexity index is 781. The van der Waals surface area contributed by atoms with Crippen molar-refractivity contribution in [3.63, 3.8) is 0 Å². The van der Waals surface area contributed by atoms with Crippen LogP contribution in [0.5, 0.6) is 0 Å². The molecule has 0 radical (unpaired) electrons. The van der Waals surface area contributed by atoms with Crippen molar-refractivity contribution in [1.29, 1.82) is 0 Å². The van der Waals surface area contributed by atoms with Gasteiger partial charge in [-0.05, 0) is 18.2 Å². The minimum atomic E-state index is -1.08. The molecule has 11 heteroatoms. The van der Waals surface area contributed by atoms with Gasteiger partial charge in [-0.1, -0.05) is 6.07 Å². The number of anilines is 1. The van der Waals surface area contributed by atoms with Gasteiger partial charge >= 0.3 is 35.5 Å². The molecule has 136 valence electrons. The molecular formula is C16H13N2NaO7S. The summed E-state index contributed by atoms with van der Waals surface area (Å²) in [7, 11) is 1.17. The van der Waals surface area contributed by atoms with E-state index < -0.39 is 35.4 Å². The molecule has 9 nitrogen and oxygen atoms in total. The van der Waals surface area contributed by atoms with Crippen molar-refractivity contribution in [3.8, 4) is 0 Å². The number of amides is 3. The molecule has 1 unspecified atom stereocenters. The van der Waals surface area contributed by atoms with Crippen molar-refractivity contribution in [2.75, 3.05) is 11.9 Å². The van der Waals surface area contributed by atoms with Crippen LogP contribution in [0.15, 0.2) is 36.4 Å². The topological polar surface area (TPSA) is 124 Å². The second kappa shape index (κ2) is 10.4. The molecule has 0 fully saturated rings. The molecule has 0 bridgehead atoms. The first-order chi connectivity index (χ1) is 12.4. The summed E-state index contributed by atoms with van der Waals surface area (Å²) in [5, 5.41) is -0.457. The summed E-state index contributed by atoms with van der Waals surface area (Å²) in [5.74, 6) is -2.72. The average Bonchev–Trinajstić information content (AvgIpc) is 2.97. The number of imide groups is 1. The Labute approximate surface area is 180 Å². The first kappa shape index (κ1) is 23.1. The number of rotatable bonds is 6. The van der Waals surface area contributed by atoms with Crippen molar-refractivity contribution in [2.24, 2.45) is 0 Å². The first-order valence-corrected chi connectivity index (χ1v) is 8.06. The Morgan fingerprint density at radius 1 is 1.30 bits per heavy atom. The Balaban J connectivity index is 0.00000364. The quantitative estimate of drug-likeness (QED) is 0.168. The van der Waals surface area contributed by atoms with Gasteiger partial charge < -0.3 is 14.2 Å². The summed E-state index contributed by atoms with van der Waals surface area (Å²) in [6.07, 6.45) is 2.14. The maximum absolute atomic E-state index is 12.2. The summed E-state index contributed by atoms with van der Waals surface area (Å²) in [4.78, 5) is 63.7. The third kappa shape index (κ3) is 5.75. The molecule has 1 aromatic carbocycles. The summed E-state index contributed by atoms with van der Waals surface area (Å²) in [6, 6.07) is 5.56. The number of hydroxylamine groups is 2. The normalized spacial score (nSPS) is 13.8. The zero-order chi connectivity index (χ0) is 19.3. The Hall–Kier alpha value is -1.98. The van der Waals surface area contributed by atoms with Crippen LogP contribution in [0, 0.1) is 0 Å². The molecule has 0 aromatic heterocycles. The molecule has 3 amide bonds. The molecule has 27 heavy (non-hydrogen) atoms. The van der Waals surface area contributed by atoms with Gasteiger partial charge in [0.1, 0.15) is 6.29 Å². The van der Waals surface area contributed by atoms with Gasteiger partial charge in [-0.2, -0.15) is 5.06 Å². The fourth-order valence-electron chi connectivity index (χ4n) is 2.06. The minimum Gasteiger partial charge on any atom is -0.798 e. The molecule has 0 spiro atoms. The second-order valence-electron chi connectivity index (χ2n) is 5.14. The van der Waals surface area contributed by atoms with Gasteiger partial charge in [0.2, 0.25) is 0 Å². The molecule has 0 aliphatic carbocycles. The minimum absolute atomic E-state index is 0. The smallest absolute Gasteiger partial charge is 0.798 e. The van der Waals surface area contributed by atoms with E-state index >= 15 is 0 Å². The molecule has 1 aliphatic rings.